The van der Waals surface area contributed by atoms with Crippen LogP contribution in [0.3, 0.4) is 0 Å². The average Bonchev–Trinajstić information content (AvgIpc) is 2.62. The summed E-state index contributed by atoms with van der Waals surface area (Å²) in [5.41, 5.74) is 1.38. The number of likely N-dealkylation sites (tertiary alicyclic amines) is 1. The Morgan fingerprint density at radius 3 is 2.64 bits per heavy atom. The molecule has 6 heteroatoms. The fraction of sp³-hybridized carbons (Fsp3) is 0.421. The van der Waals surface area contributed by atoms with Gasteiger partial charge in [-0.3, -0.25) is 9.78 Å². The summed E-state index contributed by atoms with van der Waals surface area (Å²) in [6, 6.07) is 5.30. The van der Waals surface area contributed by atoms with E-state index < -0.39 is 0 Å². The minimum Gasteiger partial charge on any atom is -0.507 e. The van der Waals surface area contributed by atoms with Crippen molar-refractivity contribution in [2.45, 2.75) is 38.7 Å². The average molecular weight is 341 g/mol. The fourth-order valence-corrected chi connectivity index (χ4v) is 2.95. The van der Waals surface area contributed by atoms with Crippen molar-refractivity contribution in [1.82, 2.24) is 14.9 Å². The Morgan fingerprint density at radius 1 is 1.28 bits per heavy atom. The number of rotatable bonds is 4. The summed E-state index contributed by atoms with van der Waals surface area (Å²) in [7, 11) is 0. The Kier molecular flexibility index (Phi) is 5.16. The van der Waals surface area contributed by atoms with Crippen LogP contribution in [0.4, 0.5) is 0 Å². The van der Waals surface area contributed by atoms with Crippen LogP contribution in [0, 0.1) is 0 Å². The Balaban J connectivity index is 1.60. The molecule has 1 aliphatic heterocycles. The van der Waals surface area contributed by atoms with E-state index in [0.29, 0.717) is 30.5 Å². The summed E-state index contributed by atoms with van der Waals surface area (Å²) >= 11 is 0. The predicted molar refractivity (Wildman–Crippen MR) is 93.8 cm³/mol. The summed E-state index contributed by atoms with van der Waals surface area (Å²) < 4.78 is 5.79. The minimum atomic E-state index is -0.134. The fourth-order valence-electron chi connectivity index (χ4n) is 2.95. The Bertz CT molecular complexity index is 726. The lowest BCUT2D eigenvalue weighted by molar-refractivity contribution is 0.0584. The van der Waals surface area contributed by atoms with Gasteiger partial charge in [-0.25, -0.2) is 4.98 Å². The van der Waals surface area contributed by atoms with Crippen LogP contribution in [0.25, 0.3) is 0 Å². The molecule has 1 amide bonds. The molecule has 2 heterocycles. The lowest BCUT2D eigenvalue weighted by atomic mass is 10.00. The van der Waals surface area contributed by atoms with Gasteiger partial charge in [-0.15, -0.1) is 0 Å². The number of aromatic hydroxyl groups is 1. The van der Waals surface area contributed by atoms with Crippen molar-refractivity contribution >= 4 is 5.91 Å². The number of aromatic nitrogens is 2. The second-order valence-electron chi connectivity index (χ2n) is 6.58. The Morgan fingerprint density at radius 2 is 2.04 bits per heavy atom. The number of ether oxygens (including phenoxy) is 1. The molecule has 132 valence electrons. The summed E-state index contributed by atoms with van der Waals surface area (Å²) in [6.45, 7) is 5.29. The SMILES string of the molecule is CC(C)c1ccc(C(=O)N2CCC(Oc3cnccn3)CC2)c(O)c1. The molecule has 1 aromatic carbocycles. The van der Waals surface area contributed by atoms with E-state index in [1.807, 2.05) is 6.07 Å². The standard InChI is InChI=1S/C19H23N3O3/c1-13(2)14-3-4-16(17(23)11-14)19(24)22-9-5-15(6-10-22)25-18-12-20-7-8-21-18/h3-4,7-8,11-13,15,23H,5-6,9-10H2,1-2H3. The largest absolute Gasteiger partial charge is 0.507 e. The molecule has 2 aromatic rings. The van der Waals surface area contributed by atoms with Crippen LogP contribution >= 0.6 is 0 Å². The topological polar surface area (TPSA) is 75.6 Å². The van der Waals surface area contributed by atoms with Crippen molar-refractivity contribution in [3.8, 4) is 11.6 Å². The molecule has 6 nitrogen and oxygen atoms in total. The number of amides is 1. The van der Waals surface area contributed by atoms with Crippen LogP contribution in [0.5, 0.6) is 11.6 Å². The van der Waals surface area contributed by atoms with Gasteiger partial charge in [0.1, 0.15) is 11.9 Å². The molecule has 0 saturated carbocycles. The van der Waals surface area contributed by atoms with Crippen LogP contribution in [0.15, 0.2) is 36.8 Å². The molecular formula is C19H23N3O3. The zero-order chi connectivity index (χ0) is 17.8. The number of carbonyl (C=O) groups excluding carboxylic acids is 1. The summed E-state index contributed by atoms with van der Waals surface area (Å²) in [4.78, 5) is 22.5. The number of piperidine rings is 1. The van der Waals surface area contributed by atoms with Crippen LogP contribution in [0.2, 0.25) is 0 Å². The maximum atomic E-state index is 12.7. The van der Waals surface area contributed by atoms with E-state index in [4.69, 9.17) is 4.74 Å². The molecule has 25 heavy (non-hydrogen) atoms. The summed E-state index contributed by atoms with van der Waals surface area (Å²) in [5.74, 6) is 0.734. The number of carbonyl (C=O) groups is 1. The molecule has 1 aromatic heterocycles. The second kappa shape index (κ2) is 7.51. The van der Waals surface area contributed by atoms with Crippen molar-refractivity contribution < 1.29 is 14.6 Å². The van der Waals surface area contributed by atoms with Crippen molar-refractivity contribution in [3.05, 3.63) is 47.9 Å². The van der Waals surface area contributed by atoms with Crippen LogP contribution < -0.4 is 4.74 Å². The van der Waals surface area contributed by atoms with E-state index in [9.17, 15) is 9.90 Å². The smallest absolute Gasteiger partial charge is 0.257 e. The number of hydrogen-bond donors (Lipinski definition) is 1. The van der Waals surface area contributed by atoms with Crippen LogP contribution in [0.1, 0.15) is 48.5 Å². The molecule has 1 fully saturated rings. The summed E-state index contributed by atoms with van der Waals surface area (Å²) in [5, 5.41) is 10.2. The van der Waals surface area contributed by atoms with Gasteiger partial charge in [-0.1, -0.05) is 19.9 Å². The number of phenolic OH excluding ortho intramolecular Hbond substituents is 1. The van der Waals surface area contributed by atoms with E-state index >= 15 is 0 Å². The molecular weight excluding hydrogens is 318 g/mol. The Labute approximate surface area is 147 Å². The quantitative estimate of drug-likeness (QED) is 0.925. The lowest BCUT2D eigenvalue weighted by Gasteiger charge is -2.32. The molecule has 0 atom stereocenters. The molecule has 0 unspecified atom stereocenters. The van der Waals surface area contributed by atoms with Gasteiger partial charge in [-0.05, 0) is 23.6 Å². The maximum absolute atomic E-state index is 12.7. The monoisotopic (exact) mass is 341 g/mol. The van der Waals surface area contributed by atoms with Crippen molar-refractivity contribution in [2.24, 2.45) is 0 Å². The van der Waals surface area contributed by atoms with Gasteiger partial charge >= 0.3 is 0 Å². The third kappa shape index (κ3) is 4.07. The van der Waals surface area contributed by atoms with Gasteiger partial charge in [0, 0.05) is 38.3 Å². The number of phenols is 1. The van der Waals surface area contributed by atoms with Gasteiger partial charge in [0.15, 0.2) is 0 Å². The molecule has 0 bridgehead atoms. The first-order chi connectivity index (χ1) is 12.0. The minimum absolute atomic E-state index is 0.0256. The second-order valence-corrected chi connectivity index (χ2v) is 6.58. The highest BCUT2D eigenvalue weighted by Crippen LogP contribution is 2.26. The van der Waals surface area contributed by atoms with Crippen LogP contribution in [-0.2, 0) is 0 Å². The maximum Gasteiger partial charge on any atom is 0.257 e. The van der Waals surface area contributed by atoms with E-state index in [1.54, 1.807) is 35.6 Å². The van der Waals surface area contributed by atoms with E-state index in [2.05, 4.69) is 23.8 Å². The van der Waals surface area contributed by atoms with E-state index in [1.165, 1.54) is 0 Å². The highest BCUT2D eigenvalue weighted by Gasteiger charge is 2.26. The van der Waals surface area contributed by atoms with E-state index in [0.717, 1.165) is 18.4 Å². The first kappa shape index (κ1) is 17.2. The van der Waals surface area contributed by atoms with Gasteiger partial charge in [0.2, 0.25) is 5.88 Å². The van der Waals surface area contributed by atoms with Gasteiger partial charge in [-0.2, -0.15) is 0 Å². The number of nitrogens with zero attached hydrogens (tertiary/aromatic N) is 3. The van der Waals surface area contributed by atoms with Gasteiger partial charge in [0.05, 0.1) is 11.8 Å². The molecule has 3 rings (SSSR count). The summed E-state index contributed by atoms with van der Waals surface area (Å²) in [6.07, 6.45) is 6.27. The first-order valence-corrected chi connectivity index (χ1v) is 8.59. The van der Waals surface area contributed by atoms with Gasteiger partial charge in [0.25, 0.3) is 5.91 Å². The highest BCUT2D eigenvalue weighted by molar-refractivity contribution is 5.97. The molecule has 1 saturated heterocycles. The van der Waals surface area contributed by atoms with Crippen molar-refractivity contribution in [2.75, 3.05) is 13.1 Å². The first-order valence-electron chi connectivity index (χ1n) is 8.59. The number of hydrogen-bond acceptors (Lipinski definition) is 5. The van der Waals surface area contributed by atoms with Crippen molar-refractivity contribution in [3.63, 3.8) is 0 Å². The number of benzene rings is 1. The third-order valence-corrected chi connectivity index (χ3v) is 4.47. The van der Waals surface area contributed by atoms with Crippen LogP contribution in [-0.4, -0.2) is 45.1 Å². The highest BCUT2D eigenvalue weighted by atomic mass is 16.5. The molecule has 1 aliphatic rings. The molecule has 0 spiro atoms. The molecule has 1 N–H and O–H groups in total. The van der Waals surface area contributed by atoms with E-state index in [-0.39, 0.29) is 17.8 Å². The molecule has 0 aliphatic carbocycles. The molecule has 0 radical (unpaired) electrons. The Hall–Kier alpha value is -2.63. The lowest BCUT2D eigenvalue weighted by Crippen LogP contribution is -2.41. The predicted octanol–water partition coefficient (Wildman–Crippen LogP) is 2.99. The van der Waals surface area contributed by atoms with Crippen molar-refractivity contribution in [1.29, 1.82) is 0 Å². The normalized spacial score (nSPS) is 15.4. The zero-order valence-electron chi connectivity index (χ0n) is 14.6. The zero-order valence-corrected chi connectivity index (χ0v) is 14.6. The van der Waals surface area contributed by atoms with Gasteiger partial charge < -0.3 is 14.7 Å². The third-order valence-electron chi connectivity index (χ3n) is 4.47.